The quantitative estimate of drug-likeness (QED) is 0.580. The van der Waals surface area contributed by atoms with E-state index < -0.39 is 0 Å². The fraction of sp³-hybridized carbons (Fsp3) is 0.350. The molecule has 0 bridgehead atoms. The van der Waals surface area contributed by atoms with Gasteiger partial charge in [-0.25, -0.2) is 9.37 Å². The highest BCUT2D eigenvalue weighted by Gasteiger charge is 2.24. The summed E-state index contributed by atoms with van der Waals surface area (Å²) in [6.45, 7) is 1.29. The Balaban J connectivity index is 1.43. The second-order valence-electron chi connectivity index (χ2n) is 7.01. The molecule has 1 saturated carbocycles. The molecule has 1 amide bonds. The molecular weight excluding hydrogens is 381 g/mol. The smallest absolute Gasteiger partial charge is 0.229 e. The van der Waals surface area contributed by atoms with E-state index in [1.165, 1.54) is 12.1 Å². The molecule has 2 heterocycles. The Bertz CT molecular complexity index is 1000. The van der Waals surface area contributed by atoms with Crippen LogP contribution in [0.4, 0.5) is 16.0 Å². The maximum atomic E-state index is 13.4. The first-order chi connectivity index (χ1) is 13.6. The molecule has 0 atom stereocenters. The van der Waals surface area contributed by atoms with Crippen molar-refractivity contribution in [3.05, 3.63) is 47.5 Å². The van der Waals surface area contributed by atoms with E-state index in [1.807, 2.05) is 10.8 Å². The van der Waals surface area contributed by atoms with E-state index in [1.54, 1.807) is 18.3 Å². The molecule has 2 aromatic heterocycles. The van der Waals surface area contributed by atoms with Crippen molar-refractivity contribution in [1.29, 1.82) is 0 Å². The van der Waals surface area contributed by atoms with Crippen molar-refractivity contribution in [3.63, 3.8) is 0 Å². The van der Waals surface area contributed by atoms with Gasteiger partial charge in [0.1, 0.15) is 11.5 Å². The lowest BCUT2D eigenvalue weighted by Gasteiger charge is -2.24. The van der Waals surface area contributed by atoms with Gasteiger partial charge >= 0.3 is 0 Å². The number of carbonyl (C=O) groups is 1. The van der Waals surface area contributed by atoms with E-state index in [4.69, 9.17) is 11.6 Å². The third kappa shape index (κ3) is 4.09. The first kappa shape index (κ1) is 18.7. The zero-order chi connectivity index (χ0) is 19.5. The van der Waals surface area contributed by atoms with Crippen LogP contribution in [0.25, 0.3) is 11.0 Å². The number of hydrogen-bond donors (Lipinski definition) is 2. The Labute approximate surface area is 167 Å². The van der Waals surface area contributed by atoms with Gasteiger partial charge in [-0.15, -0.1) is 0 Å². The van der Waals surface area contributed by atoms with Crippen molar-refractivity contribution in [3.8, 4) is 0 Å². The van der Waals surface area contributed by atoms with Gasteiger partial charge in [0.2, 0.25) is 11.9 Å². The second kappa shape index (κ2) is 8.14. The van der Waals surface area contributed by atoms with Gasteiger partial charge in [-0.2, -0.15) is 4.98 Å². The van der Waals surface area contributed by atoms with Crippen LogP contribution in [0.5, 0.6) is 0 Å². The predicted octanol–water partition coefficient (Wildman–Crippen LogP) is 4.27. The number of rotatable bonds is 7. The third-order valence-electron chi connectivity index (χ3n) is 5.00. The molecule has 6 nitrogen and oxygen atoms in total. The summed E-state index contributed by atoms with van der Waals surface area (Å²) in [5, 5.41) is 7.33. The van der Waals surface area contributed by atoms with Crippen LogP contribution in [0, 0.1) is 11.7 Å². The molecule has 1 fully saturated rings. The number of halogens is 2. The van der Waals surface area contributed by atoms with E-state index >= 15 is 0 Å². The lowest BCUT2D eigenvalue weighted by molar-refractivity contribution is -0.127. The van der Waals surface area contributed by atoms with E-state index in [-0.39, 0.29) is 17.6 Å². The Morgan fingerprint density at radius 2 is 2.21 bits per heavy atom. The molecule has 0 radical (unpaired) electrons. The highest BCUT2D eigenvalue weighted by Crippen LogP contribution is 2.27. The monoisotopic (exact) mass is 401 g/mol. The molecule has 1 aliphatic rings. The Hall–Kier alpha value is -2.67. The van der Waals surface area contributed by atoms with Gasteiger partial charge in [0.25, 0.3) is 0 Å². The highest BCUT2D eigenvalue weighted by molar-refractivity contribution is 6.35. The lowest BCUT2D eigenvalue weighted by Crippen LogP contribution is -2.35. The topological polar surface area (TPSA) is 71.8 Å². The fourth-order valence-corrected chi connectivity index (χ4v) is 3.48. The van der Waals surface area contributed by atoms with Gasteiger partial charge in [-0.1, -0.05) is 24.1 Å². The zero-order valence-electron chi connectivity index (χ0n) is 15.3. The average Bonchev–Trinajstić information content (AvgIpc) is 2.93. The molecule has 4 rings (SSSR count). The Morgan fingerprint density at radius 3 is 2.96 bits per heavy atom. The largest absolute Gasteiger partial charge is 0.356 e. The standard InChI is InChI=1S/C20H21ClFN5O/c21-17-12-27(9-3-8-23-19(28)13-4-1-5-13)18-16(17)11-24-20(26-18)25-15-7-2-6-14(22)10-15/h2,6-7,10-13H,1,3-5,8-9H2,(H,23,28)(H,24,25,26). The summed E-state index contributed by atoms with van der Waals surface area (Å²) in [6.07, 6.45) is 7.40. The number of amides is 1. The van der Waals surface area contributed by atoms with Crippen LogP contribution in [0.1, 0.15) is 25.7 Å². The summed E-state index contributed by atoms with van der Waals surface area (Å²) < 4.78 is 15.3. The van der Waals surface area contributed by atoms with Crippen LogP contribution in [0.2, 0.25) is 5.02 Å². The van der Waals surface area contributed by atoms with E-state index in [0.717, 1.165) is 31.1 Å². The van der Waals surface area contributed by atoms with Crippen LogP contribution in [0.3, 0.4) is 0 Å². The number of fused-ring (bicyclic) bond motifs is 1. The van der Waals surface area contributed by atoms with Gasteiger partial charge in [0.15, 0.2) is 0 Å². The molecule has 0 saturated heterocycles. The van der Waals surface area contributed by atoms with Crippen LogP contribution >= 0.6 is 11.6 Å². The number of carbonyl (C=O) groups excluding carboxylic acids is 1. The third-order valence-corrected chi connectivity index (χ3v) is 5.30. The number of benzene rings is 1. The summed E-state index contributed by atoms with van der Waals surface area (Å²) in [6, 6.07) is 6.12. The first-order valence-corrected chi connectivity index (χ1v) is 9.79. The number of aromatic nitrogens is 3. The van der Waals surface area contributed by atoms with Gasteiger partial charge in [0, 0.05) is 37.1 Å². The van der Waals surface area contributed by atoms with Gasteiger partial charge in [-0.3, -0.25) is 4.79 Å². The normalized spacial score (nSPS) is 14.1. The van der Waals surface area contributed by atoms with Gasteiger partial charge in [0.05, 0.1) is 10.4 Å². The van der Waals surface area contributed by atoms with E-state index in [2.05, 4.69) is 20.6 Å². The Kier molecular flexibility index (Phi) is 5.43. The SMILES string of the molecule is O=C(NCCCn1cc(Cl)c2cnc(Nc3cccc(F)c3)nc21)C1CCC1. The number of anilines is 2. The highest BCUT2D eigenvalue weighted by atomic mass is 35.5. The van der Waals surface area contributed by atoms with Crippen molar-refractivity contribution in [2.24, 2.45) is 5.92 Å². The maximum Gasteiger partial charge on any atom is 0.229 e. The zero-order valence-corrected chi connectivity index (χ0v) is 16.0. The Morgan fingerprint density at radius 1 is 1.36 bits per heavy atom. The molecule has 0 unspecified atom stereocenters. The molecule has 0 spiro atoms. The van der Waals surface area contributed by atoms with Crippen LogP contribution < -0.4 is 10.6 Å². The summed E-state index contributed by atoms with van der Waals surface area (Å²) in [4.78, 5) is 20.7. The van der Waals surface area contributed by atoms with Crippen molar-refractivity contribution in [2.75, 3.05) is 11.9 Å². The number of hydrogen-bond acceptors (Lipinski definition) is 4. The lowest BCUT2D eigenvalue weighted by atomic mass is 9.85. The molecule has 3 aromatic rings. The van der Waals surface area contributed by atoms with Crippen LogP contribution in [0.15, 0.2) is 36.7 Å². The van der Waals surface area contributed by atoms with Crippen molar-refractivity contribution in [1.82, 2.24) is 19.9 Å². The minimum atomic E-state index is -0.332. The average molecular weight is 402 g/mol. The minimum Gasteiger partial charge on any atom is -0.356 e. The molecule has 8 heteroatoms. The molecule has 1 aromatic carbocycles. The number of aryl methyl sites for hydroxylation is 1. The molecule has 1 aliphatic carbocycles. The summed E-state index contributed by atoms with van der Waals surface area (Å²) in [7, 11) is 0. The van der Waals surface area contributed by atoms with Gasteiger partial charge in [-0.05, 0) is 37.5 Å². The summed E-state index contributed by atoms with van der Waals surface area (Å²) in [5.41, 5.74) is 1.27. The number of nitrogens with zero attached hydrogens (tertiary/aromatic N) is 3. The summed E-state index contributed by atoms with van der Waals surface area (Å²) in [5.74, 6) is 0.394. The van der Waals surface area contributed by atoms with E-state index in [9.17, 15) is 9.18 Å². The fourth-order valence-electron chi connectivity index (χ4n) is 3.23. The molecule has 0 aliphatic heterocycles. The van der Waals surface area contributed by atoms with Crippen molar-refractivity contribution < 1.29 is 9.18 Å². The molecule has 28 heavy (non-hydrogen) atoms. The molecular formula is C20H21ClFN5O. The maximum absolute atomic E-state index is 13.4. The molecule has 2 N–H and O–H groups in total. The minimum absolute atomic E-state index is 0.158. The first-order valence-electron chi connectivity index (χ1n) is 9.42. The van der Waals surface area contributed by atoms with Crippen LogP contribution in [-0.2, 0) is 11.3 Å². The summed E-state index contributed by atoms with van der Waals surface area (Å²) >= 11 is 6.30. The second-order valence-corrected chi connectivity index (χ2v) is 7.42. The van der Waals surface area contributed by atoms with E-state index in [0.29, 0.717) is 35.4 Å². The predicted molar refractivity (Wildman–Crippen MR) is 107 cm³/mol. The van der Waals surface area contributed by atoms with Crippen molar-refractivity contribution in [2.45, 2.75) is 32.2 Å². The van der Waals surface area contributed by atoms with Crippen molar-refractivity contribution >= 4 is 40.2 Å². The van der Waals surface area contributed by atoms with Gasteiger partial charge < -0.3 is 15.2 Å². The molecule has 146 valence electrons. The number of nitrogens with one attached hydrogen (secondary N) is 2. The van der Waals surface area contributed by atoms with Crippen LogP contribution in [-0.4, -0.2) is 27.0 Å².